The highest BCUT2D eigenvalue weighted by atomic mass is 16.5. The van der Waals surface area contributed by atoms with Crippen LogP contribution >= 0.6 is 0 Å². The number of hydrogen-bond acceptors (Lipinski definition) is 4. The molecule has 1 aromatic heterocycles. The molecule has 98 valence electrons. The molecule has 1 N–H and O–H groups in total. The molecule has 2 aromatic rings. The molecule has 0 saturated carbocycles. The van der Waals surface area contributed by atoms with E-state index < -0.39 is 5.97 Å². The van der Waals surface area contributed by atoms with Crippen LogP contribution in [0, 0.1) is 13.8 Å². The Morgan fingerprint density at radius 1 is 1.26 bits per heavy atom. The number of aromatic nitrogens is 2. The zero-order valence-electron chi connectivity index (χ0n) is 10.8. The summed E-state index contributed by atoms with van der Waals surface area (Å²) in [4.78, 5) is 18.5. The second-order valence-corrected chi connectivity index (χ2v) is 4.29. The summed E-state index contributed by atoms with van der Waals surface area (Å²) < 4.78 is 5.64. The largest absolute Gasteiger partial charge is 0.481 e. The lowest BCUT2D eigenvalue weighted by molar-refractivity contribution is -0.136. The Bertz CT molecular complexity index is 611. The highest BCUT2D eigenvalue weighted by Gasteiger charge is 2.07. The standard InChI is InChI=1S/C14H14N2O3/c1-9-3-4-12(10(2)5-9)19-13-6-11(7-14(17)18)15-8-16-13/h3-6,8H,7H2,1-2H3,(H,17,18). The molecule has 0 atom stereocenters. The molecule has 2 rings (SSSR count). The van der Waals surface area contributed by atoms with Gasteiger partial charge in [0.25, 0.3) is 0 Å². The number of carbonyl (C=O) groups is 1. The predicted octanol–water partition coefficient (Wildman–Crippen LogP) is 2.51. The topological polar surface area (TPSA) is 72.3 Å². The molecule has 0 radical (unpaired) electrons. The first kappa shape index (κ1) is 13.0. The number of benzene rings is 1. The molecule has 19 heavy (non-hydrogen) atoms. The van der Waals surface area contributed by atoms with Gasteiger partial charge >= 0.3 is 5.97 Å². The molecule has 5 nitrogen and oxygen atoms in total. The minimum Gasteiger partial charge on any atom is -0.481 e. The fraction of sp³-hybridized carbons (Fsp3) is 0.214. The maximum absolute atomic E-state index is 10.6. The van der Waals surface area contributed by atoms with Crippen molar-refractivity contribution < 1.29 is 14.6 Å². The van der Waals surface area contributed by atoms with E-state index in [0.717, 1.165) is 11.1 Å². The first-order valence-corrected chi connectivity index (χ1v) is 5.82. The number of nitrogens with zero attached hydrogens (tertiary/aromatic N) is 2. The number of carboxylic acids is 1. The Kier molecular flexibility index (Phi) is 3.75. The van der Waals surface area contributed by atoms with Crippen LogP contribution in [0.15, 0.2) is 30.6 Å². The van der Waals surface area contributed by atoms with Gasteiger partial charge in [-0.05, 0) is 25.5 Å². The zero-order chi connectivity index (χ0) is 13.8. The lowest BCUT2D eigenvalue weighted by atomic mass is 10.1. The molecule has 0 aliphatic carbocycles. The lowest BCUT2D eigenvalue weighted by Gasteiger charge is -2.08. The smallest absolute Gasteiger partial charge is 0.309 e. The van der Waals surface area contributed by atoms with Crippen LogP contribution in [-0.2, 0) is 11.2 Å². The van der Waals surface area contributed by atoms with E-state index in [2.05, 4.69) is 9.97 Å². The maximum atomic E-state index is 10.6. The van der Waals surface area contributed by atoms with Crippen molar-refractivity contribution in [3.05, 3.63) is 47.4 Å². The summed E-state index contributed by atoms with van der Waals surface area (Å²) >= 11 is 0. The van der Waals surface area contributed by atoms with Gasteiger partial charge < -0.3 is 9.84 Å². The number of hydrogen-bond donors (Lipinski definition) is 1. The third-order valence-corrected chi connectivity index (χ3v) is 2.58. The molecule has 0 unspecified atom stereocenters. The zero-order valence-corrected chi connectivity index (χ0v) is 10.8. The summed E-state index contributed by atoms with van der Waals surface area (Å²) in [5.41, 5.74) is 2.57. The van der Waals surface area contributed by atoms with E-state index in [1.165, 1.54) is 12.4 Å². The van der Waals surface area contributed by atoms with E-state index in [0.29, 0.717) is 17.3 Å². The Morgan fingerprint density at radius 3 is 2.74 bits per heavy atom. The molecule has 0 aliphatic heterocycles. The van der Waals surface area contributed by atoms with Gasteiger partial charge in [0.1, 0.15) is 12.1 Å². The summed E-state index contributed by atoms with van der Waals surface area (Å²) in [7, 11) is 0. The van der Waals surface area contributed by atoms with Gasteiger partial charge in [-0.2, -0.15) is 0 Å². The average molecular weight is 258 g/mol. The first-order chi connectivity index (χ1) is 9.04. The number of aliphatic carboxylic acids is 1. The van der Waals surface area contributed by atoms with Gasteiger partial charge in [-0.1, -0.05) is 17.7 Å². The second-order valence-electron chi connectivity index (χ2n) is 4.29. The molecule has 0 spiro atoms. The van der Waals surface area contributed by atoms with Gasteiger partial charge in [-0.3, -0.25) is 4.79 Å². The van der Waals surface area contributed by atoms with Crippen LogP contribution in [-0.4, -0.2) is 21.0 Å². The first-order valence-electron chi connectivity index (χ1n) is 5.82. The molecule has 0 saturated heterocycles. The normalized spacial score (nSPS) is 10.2. The monoisotopic (exact) mass is 258 g/mol. The van der Waals surface area contributed by atoms with E-state index in [4.69, 9.17) is 9.84 Å². The Morgan fingerprint density at radius 2 is 2.05 bits per heavy atom. The van der Waals surface area contributed by atoms with Crippen molar-refractivity contribution in [2.75, 3.05) is 0 Å². The fourth-order valence-corrected chi connectivity index (χ4v) is 1.71. The Labute approximate surface area is 110 Å². The molecule has 0 aliphatic rings. The van der Waals surface area contributed by atoms with E-state index in [-0.39, 0.29) is 6.42 Å². The molecule has 0 bridgehead atoms. The van der Waals surface area contributed by atoms with Crippen molar-refractivity contribution in [3.8, 4) is 11.6 Å². The van der Waals surface area contributed by atoms with Crippen LogP contribution in [0.3, 0.4) is 0 Å². The van der Waals surface area contributed by atoms with Crippen molar-refractivity contribution in [1.29, 1.82) is 0 Å². The quantitative estimate of drug-likeness (QED) is 0.912. The van der Waals surface area contributed by atoms with Crippen LogP contribution in [0.4, 0.5) is 0 Å². The highest BCUT2D eigenvalue weighted by Crippen LogP contribution is 2.24. The minimum atomic E-state index is -0.934. The van der Waals surface area contributed by atoms with Crippen molar-refractivity contribution >= 4 is 5.97 Å². The highest BCUT2D eigenvalue weighted by molar-refractivity contribution is 5.69. The third kappa shape index (κ3) is 3.51. The van der Waals surface area contributed by atoms with Crippen molar-refractivity contribution in [2.24, 2.45) is 0 Å². The fourth-order valence-electron chi connectivity index (χ4n) is 1.71. The second kappa shape index (κ2) is 5.48. The van der Waals surface area contributed by atoms with Crippen LogP contribution < -0.4 is 4.74 Å². The number of aryl methyl sites for hydroxylation is 2. The van der Waals surface area contributed by atoms with Gasteiger partial charge in [0.05, 0.1) is 12.1 Å². The Balaban J connectivity index is 2.21. The van der Waals surface area contributed by atoms with Crippen LogP contribution in [0.1, 0.15) is 16.8 Å². The Hall–Kier alpha value is -2.43. The molecular formula is C14H14N2O3. The van der Waals surface area contributed by atoms with E-state index >= 15 is 0 Å². The van der Waals surface area contributed by atoms with Crippen LogP contribution in [0.5, 0.6) is 11.6 Å². The van der Waals surface area contributed by atoms with Crippen molar-refractivity contribution in [1.82, 2.24) is 9.97 Å². The van der Waals surface area contributed by atoms with Crippen molar-refractivity contribution in [2.45, 2.75) is 20.3 Å². The van der Waals surface area contributed by atoms with E-state index in [1.807, 2.05) is 32.0 Å². The van der Waals surface area contributed by atoms with Gasteiger partial charge in [-0.15, -0.1) is 0 Å². The minimum absolute atomic E-state index is 0.147. The van der Waals surface area contributed by atoms with E-state index in [1.54, 1.807) is 0 Å². The van der Waals surface area contributed by atoms with Gasteiger partial charge in [-0.25, -0.2) is 9.97 Å². The van der Waals surface area contributed by atoms with Crippen LogP contribution in [0.25, 0.3) is 0 Å². The molecule has 1 heterocycles. The van der Waals surface area contributed by atoms with Gasteiger partial charge in [0, 0.05) is 6.07 Å². The molecular weight excluding hydrogens is 244 g/mol. The van der Waals surface area contributed by atoms with Crippen molar-refractivity contribution in [3.63, 3.8) is 0 Å². The predicted molar refractivity (Wildman–Crippen MR) is 69.4 cm³/mol. The molecule has 0 amide bonds. The molecule has 0 fully saturated rings. The van der Waals surface area contributed by atoms with E-state index in [9.17, 15) is 4.79 Å². The summed E-state index contributed by atoms with van der Waals surface area (Å²) in [5.74, 6) is 0.111. The summed E-state index contributed by atoms with van der Waals surface area (Å²) in [6, 6.07) is 7.35. The number of ether oxygens (including phenoxy) is 1. The van der Waals surface area contributed by atoms with Gasteiger partial charge in [0.2, 0.25) is 5.88 Å². The summed E-state index contributed by atoms with van der Waals surface area (Å²) in [6.07, 6.45) is 1.16. The molecule has 5 heteroatoms. The SMILES string of the molecule is Cc1ccc(Oc2cc(CC(=O)O)ncn2)c(C)c1. The average Bonchev–Trinajstić information content (AvgIpc) is 2.32. The number of carboxylic acid groups (broad SMARTS) is 1. The number of rotatable bonds is 4. The molecule has 1 aromatic carbocycles. The summed E-state index contributed by atoms with van der Waals surface area (Å²) in [6.45, 7) is 3.95. The van der Waals surface area contributed by atoms with Gasteiger partial charge in [0.15, 0.2) is 0 Å². The maximum Gasteiger partial charge on any atom is 0.309 e. The summed E-state index contributed by atoms with van der Waals surface area (Å²) in [5, 5.41) is 8.72. The van der Waals surface area contributed by atoms with Crippen LogP contribution in [0.2, 0.25) is 0 Å². The third-order valence-electron chi connectivity index (χ3n) is 2.58. The lowest BCUT2D eigenvalue weighted by Crippen LogP contribution is -2.03.